The molecule has 188 valence electrons. The lowest BCUT2D eigenvalue weighted by Gasteiger charge is -2.43. The molecule has 2 fully saturated rings. The van der Waals surface area contributed by atoms with Gasteiger partial charge in [0.05, 0.1) is 28.2 Å². The topological polar surface area (TPSA) is 179 Å². The van der Waals surface area contributed by atoms with Gasteiger partial charge in [0.1, 0.15) is 18.4 Å². The quantitative estimate of drug-likeness (QED) is 0.289. The summed E-state index contributed by atoms with van der Waals surface area (Å²) in [4.78, 5) is 74.0. The molecular formula is C21H23Cl2N5O7. The summed E-state index contributed by atoms with van der Waals surface area (Å²) in [5.41, 5.74) is 5.83. The van der Waals surface area contributed by atoms with Crippen molar-refractivity contribution in [1.82, 2.24) is 20.7 Å². The summed E-state index contributed by atoms with van der Waals surface area (Å²) in [6.07, 6.45) is 0.136. The van der Waals surface area contributed by atoms with Crippen molar-refractivity contribution in [3.63, 3.8) is 0 Å². The van der Waals surface area contributed by atoms with Gasteiger partial charge in [0.15, 0.2) is 0 Å². The Kier molecular flexibility index (Phi) is 8.18. The molecule has 0 radical (unpaired) electrons. The number of rotatable bonds is 7. The van der Waals surface area contributed by atoms with Gasteiger partial charge >= 0.3 is 5.97 Å². The molecule has 2 aliphatic heterocycles. The Morgan fingerprint density at radius 2 is 1.86 bits per heavy atom. The SMILES string of the molecule is Nc1c(Cl)cc(C(=O)NC2CCC(=O)N3CCCC(C(=O)NC(C=O)CC(=O)O)N3C2=O)cc1Cl. The van der Waals surface area contributed by atoms with Crippen LogP contribution in [0.1, 0.15) is 42.5 Å². The van der Waals surface area contributed by atoms with Crippen molar-refractivity contribution in [3.8, 4) is 0 Å². The second kappa shape index (κ2) is 10.9. The van der Waals surface area contributed by atoms with Crippen molar-refractivity contribution in [2.24, 2.45) is 0 Å². The van der Waals surface area contributed by atoms with E-state index < -0.39 is 54.1 Å². The van der Waals surface area contributed by atoms with Crippen LogP contribution in [0.5, 0.6) is 0 Å². The zero-order valence-electron chi connectivity index (χ0n) is 18.3. The van der Waals surface area contributed by atoms with Crippen LogP contribution in [-0.4, -0.2) is 75.7 Å². The summed E-state index contributed by atoms with van der Waals surface area (Å²) in [7, 11) is 0. The van der Waals surface area contributed by atoms with Crippen molar-refractivity contribution < 1.29 is 33.9 Å². The van der Waals surface area contributed by atoms with E-state index in [4.69, 9.17) is 34.0 Å². The van der Waals surface area contributed by atoms with E-state index in [9.17, 15) is 28.8 Å². The van der Waals surface area contributed by atoms with Crippen molar-refractivity contribution >= 4 is 64.8 Å². The number of nitrogens with zero attached hydrogens (tertiary/aromatic N) is 2. The van der Waals surface area contributed by atoms with Crippen molar-refractivity contribution in [2.45, 2.75) is 50.2 Å². The molecule has 2 saturated heterocycles. The van der Waals surface area contributed by atoms with Gasteiger partial charge in [-0.15, -0.1) is 0 Å². The third kappa shape index (κ3) is 5.82. The first-order valence-corrected chi connectivity index (χ1v) is 11.4. The Labute approximate surface area is 209 Å². The first-order chi connectivity index (χ1) is 16.5. The summed E-state index contributed by atoms with van der Waals surface area (Å²) in [6.45, 7) is 0.185. The fraction of sp³-hybridized carbons (Fsp3) is 0.429. The molecule has 0 bridgehead atoms. The average molecular weight is 528 g/mol. The number of nitrogens with one attached hydrogen (secondary N) is 2. The maximum Gasteiger partial charge on any atom is 0.305 e. The molecule has 1 aromatic carbocycles. The molecular weight excluding hydrogens is 505 g/mol. The van der Waals surface area contributed by atoms with E-state index >= 15 is 0 Å². The minimum Gasteiger partial charge on any atom is -0.481 e. The molecule has 3 rings (SSSR count). The van der Waals surface area contributed by atoms with Crippen LogP contribution in [0.25, 0.3) is 0 Å². The van der Waals surface area contributed by atoms with Gasteiger partial charge in [-0.1, -0.05) is 23.2 Å². The molecule has 14 heteroatoms. The van der Waals surface area contributed by atoms with Crippen LogP contribution < -0.4 is 16.4 Å². The third-order valence-electron chi connectivity index (χ3n) is 5.70. The Morgan fingerprint density at radius 3 is 2.46 bits per heavy atom. The highest BCUT2D eigenvalue weighted by Crippen LogP contribution is 2.29. The molecule has 2 aliphatic rings. The number of carboxylic acids is 1. The van der Waals surface area contributed by atoms with E-state index in [-0.39, 0.29) is 53.4 Å². The number of halogens is 2. The number of nitrogens with two attached hydrogens (primary N) is 1. The zero-order chi connectivity index (χ0) is 25.9. The van der Waals surface area contributed by atoms with E-state index in [1.165, 1.54) is 12.1 Å². The molecule has 12 nitrogen and oxygen atoms in total. The number of aliphatic carboxylic acids is 1. The normalized spacial score (nSPS) is 21.0. The van der Waals surface area contributed by atoms with Gasteiger partial charge in [-0.2, -0.15) is 0 Å². The number of aldehydes is 1. The number of nitrogen functional groups attached to an aromatic ring is 1. The van der Waals surface area contributed by atoms with Crippen LogP contribution >= 0.6 is 23.2 Å². The molecule has 3 unspecified atom stereocenters. The van der Waals surface area contributed by atoms with Crippen LogP contribution in [0.3, 0.4) is 0 Å². The van der Waals surface area contributed by atoms with Crippen LogP contribution in [0, 0.1) is 0 Å². The molecule has 2 heterocycles. The molecule has 5 N–H and O–H groups in total. The Hall–Kier alpha value is -3.38. The molecule has 0 saturated carbocycles. The summed E-state index contributed by atoms with van der Waals surface area (Å²) in [5.74, 6) is -3.87. The van der Waals surface area contributed by atoms with Gasteiger partial charge in [-0.25, -0.2) is 5.01 Å². The largest absolute Gasteiger partial charge is 0.481 e. The second-order valence-corrected chi connectivity index (χ2v) is 8.94. The fourth-order valence-corrected chi connectivity index (χ4v) is 4.45. The van der Waals surface area contributed by atoms with Crippen LogP contribution in [0.15, 0.2) is 12.1 Å². The maximum absolute atomic E-state index is 13.4. The number of hydrogen-bond donors (Lipinski definition) is 4. The van der Waals surface area contributed by atoms with Gasteiger partial charge in [0.2, 0.25) is 11.8 Å². The standard InChI is InChI=1S/C21H23Cl2N5O7/c22-12-6-10(7-13(23)18(12)24)19(33)26-14-3-4-16(30)27-5-1-2-15(28(27)21(14)35)20(34)25-11(9-29)8-17(31)32/h6-7,9,11,14-15H,1-5,8,24H2,(H,25,34)(H,26,33)(H,31,32). The summed E-state index contributed by atoms with van der Waals surface area (Å²) in [6, 6.07) is -1.05. The van der Waals surface area contributed by atoms with Gasteiger partial charge in [0, 0.05) is 18.5 Å². The van der Waals surface area contributed by atoms with Crippen molar-refractivity contribution in [1.29, 1.82) is 0 Å². The molecule has 4 amide bonds. The summed E-state index contributed by atoms with van der Waals surface area (Å²) >= 11 is 12.0. The molecule has 0 aromatic heterocycles. The van der Waals surface area contributed by atoms with E-state index in [0.717, 1.165) is 10.0 Å². The number of amides is 4. The van der Waals surface area contributed by atoms with E-state index in [1.807, 2.05) is 0 Å². The molecule has 0 aliphatic carbocycles. The van der Waals surface area contributed by atoms with Gasteiger partial charge in [0.25, 0.3) is 11.8 Å². The van der Waals surface area contributed by atoms with Crippen molar-refractivity contribution in [3.05, 3.63) is 27.7 Å². The summed E-state index contributed by atoms with van der Waals surface area (Å²) < 4.78 is 0. The van der Waals surface area contributed by atoms with Gasteiger partial charge < -0.3 is 26.3 Å². The average Bonchev–Trinajstić information content (AvgIpc) is 2.93. The highest BCUT2D eigenvalue weighted by Gasteiger charge is 2.45. The number of fused-ring (bicyclic) bond motifs is 1. The zero-order valence-corrected chi connectivity index (χ0v) is 19.8. The monoisotopic (exact) mass is 527 g/mol. The number of hydrazine groups is 1. The fourth-order valence-electron chi connectivity index (χ4n) is 3.96. The van der Waals surface area contributed by atoms with E-state index in [1.54, 1.807) is 0 Å². The van der Waals surface area contributed by atoms with E-state index in [2.05, 4.69) is 10.6 Å². The van der Waals surface area contributed by atoms with Crippen LogP contribution in [0.4, 0.5) is 5.69 Å². The lowest BCUT2D eigenvalue weighted by molar-refractivity contribution is -0.176. The second-order valence-electron chi connectivity index (χ2n) is 8.13. The Bertz CT molecular complexity index is 1060. The molecule has 1 aromatic rings. The Morgan fingerprint density at radius 1 is 1.20 bits per heavy atom. The number of carbonyl (C=O) groups is 6. The lowest BCUT2D eigenvalue weighted by atomic mass is 10.0. The van der Waals surface area contributed by atoms with Gasteiger partial charge in [-0.05, 0) is 31.4 Å². The number of benzene rings is 1. The van der Waals surface area contributed by atoms with Crippen LogP contribution in [-0.2, 0) is 24.0 Å². The number of hydrogen-bond acceptors (Lipinski definition) is 7. The number of carbonyl (C=O) groups excluding carboxylic acids is 5. The lowest BCUT2D eigenvalue weighted by Crippen LogP contribution is -2.64. The molecule has 0 spiro atoms. The minimum absolute atomic E-state index is 0.0167. The Balaban J connectivity index is 1.83. The maximum atomic E-state index is 13.4. The number of carboxylic acid groups (broad SMARTS) is 1. The molecule has 35 heavy (non-hydrogen) atoms. The highest BCUT2D eigenvalue weighted by atomic mass is 35.5. The third-order valence-corrected chi connectivity index (χ3v) is 6.32. The number of anilines is 1. The molecule has 3 atom stereocenters. The van der Waals surface area contributed by atoms with Crippen molar-refractivity contribution in [2.75, 3.05) is 12.3 Å². The first kappa shape index (κ1) is 26.2. The van der Waals surface area contributed by atoms with Crippen LogP contribution in [0.2, 0.25) is 10.0 Å². The summed E-state index contributed by atoms with van der Waals surface area (Å²) in [5, 5.41) is 16.0. The minimum atomic E-state index is -1.30. The predicted octanol–water partition coefficient (Wildman–Crippen LogP) is 0.361. The predicted molar refractivity (Wildman–Crippen MR) is 123 cm³/mol. The first-order valence-electron chi connectivity index (χ1n) is 10.7. The highest BCUT2D eigenvalue weighted by molar-refractivity contribution is 6.39. The van der Waals surface area contributed by atoms with E-state index in [0.29, 0.717) is 6.42 Å². The van der Waals surface area contributed by atoms with Gasteiger partial charge in [-0.3, -0.25) is 29.0 Å². The smallest absolute Gasteiger partial charge is 0.305 e.